The van der Waals surface area contributed by atoms with Gasteiger partial charge in [0.15, 0.2) is 0 Å². The number of thioether (sulfide) groups is 1. The third-order valence-electron chi connectivity index (χ3n) is 2.03. The van der Waals surface area contributed by atoms with Gasteiger partial charge in [0.05, 0.1) is 6.61 Å². The Labute approximate surface area is 81.9 Å². The molecule has 1 aliphatic heterocycles. The predicted octanol–water partition coefficient (Wildman–Crippen LogP) is 2.13. The summed E-state index contributed by atoms with van der Waals surface area (Å²) in [5.74, 6) is 4.29. The van der Waals surface area contributed by atoms with Crippen molar-refractivity contribution < 1.29 is 9.84 Å². The fourth-order valence-electron chi connectivity index (χ4n) is 1.14. The maximum atomic E-state index is 9.03. The highest BCUT2D eigenvalue weighted by molar-refractivity contribution is 8.00. The molecule has 0 spiro atoms. The summed E-state index contributed by atoms with van der Waals surface area (Å²) < 4.78 is 5.54. The molecule has 3 heteroatoms. The van der Waals surface area contributed by atoms with Crippen LogP contribution in [-0.2, 0) is 0 Å². The number of hydrogen-bond acceptors (Lipinski definition) is 3. The van der Waals surface area contributed by atoms with Gasteiger partial charge in [-0.2, -0.15) is 11.8 Å². The lowest BCUT2D eigenvalue weighted by Crippen LogP contribution is -2.24. The number of benzene rings is 1. The van der Waals surface area contributed by atoms with Crippen LogP contribution in [0.15, 0.2) is 24.3 Å². The van der Waals surface area contributed by atoms with E-state index in [1.54, 1.807) is 24.3 Å². The Hall–Kier alpha value is -0.830. The average Bonchev–Trinajstić information content (AvgIpc) is 2.05. The zero-order chi connectivity index (χ0) is 9.10. The molecule has 1 aromatic rings. The van der Waals surface area contributed by atoms with Crippen LogP contribution >= 0.6 is 11.8 Å². The third-order valence-corrected chi connectivity index (χ3v) is 3.44. The zero-order valence-corrected chi connectivity index (χ0v) is 8.09. The number of aromatic hydroxyl groups is 1. The second kappa shape index (κ2) is 3.92. The molecule has 2 rings (SSSR count). The predicted molar refractivity (Wildman–Crippen MR) is 54.4 cm³/mol. The first-order valence-electron chi connectivity index (χ1n) is 4.34. The van der Waals surface area contributed by atoms with Gasteiger partial charge in [-0.25, -0.2) is 0 Å². The van der Waals surface area contributed by atoms with Crippen LogP contribution in [-0.4, -0.2) is 23.2 Å². The first kappa shape index (κ1) is 8.75. The van der Waals surface area contributed by atoms with Crippen LogP contribution in [0.25, 0.3) is 0 Å². The first-order chi connectivity index (χ1) is 6.34. The summed E-state index contributed by atoms with van der Waals surface area (Å²) in [6.07, 6.45) is 0. The average molecular weight is 196 g/mol. The van der Waals surface area contributed by atoms with Crippen molar-refractivity contribution in [3.8, 4) is 11.5 Å². The molecule has 0 saturated carbocycles. The van der Waals surface area contributed by atoms with Crippen molar-refractivity contribution >= 4 is 11.8 Å². The minimum Gasteiger partial charge on any atom is -0.508 e. The van der Waals surface area contributed by atoms with Gasteiger partial charge in [0, 0.05) is 17.4 Å². The van der Waals surface area contributed by atoms with Crippen molar-refractivity contribution in [3.05, 3.63) is 24.3 Å². The Kier molecular flexibility index (Phi) is 2.64. The van der Waals surface area contributed by atoms with Crippen molar-refractivity contribution in [1.29, 1.82) is 0 Å². The summed E-state index contributed by atoms with van der Waals surface area (Å²) in [7, 11) is 0. The normalized spacial score (nSPS) is 16.6. The quantitative estimate of drug-likeness (QED) is 0.803. The summed E-state index contributed by atoms with van der Waals surface area (Å²) in [4.78, 5) is 0. The largest absolute Gasteiger partial charge is 0.508 e. The van der Waals surface area contributed by atoms with E-state index in [1.807, 2.05) is 11.8 Å². The molecule has 1 aromatic carbocycles. The summed E-state index contributed by atoms with van der Waals surface area (Å²) >= 11 is 1.96. The van der Waals surface area contributed by atoms with Gasteiger partial charge in [0.25, 0.3) is 0 Å². The molecule has 0 unspecified atom stereocenters. The summed E-state index contributed by atoms with van der Waals surface area (Å²) in [6, 6.07) is 6.87. The second-order valence-electron chi connectivity index (χ2n) is 3.21. The van der Waals surface area contributed by atoms with Crippen molar-refractivity contribution in [1.82, 2.24) is 0 Å². The van der Waals surface area contributed by atoms with Crippen LogP contribution in [0, 0.1) is 5.92 Å². The molecule has 1 saturated heterocycles. The zero-order valence-electron chi connectivity index (χ0n) is 7.27. The fourth-order valence-corrected chi connectivity index (χ4v) is 1.90. The highest BCUT2D eigenvalue weighted by atomic mass is 32.2. The van der Waals surface area contributed by atoms with Crippen molar-refractivity contribution in [2.75, 3.05) is 18.1 Å². The van der Waals surface area contributed by atoms with Crippen LogP contribution in [0.5, 0.6) is 11.5 Å². The Morgan fingerprint density at radius 2 is 2.00 bits per heavy atom. The van der Waals surface area contributed by atoms with Gasteiger partial charge < -0.3 is 9.84 Å². The van der Waals surface area contributed by atoms with Crippen LogP contribution in [0.1, 0.15) is 0 Å². The van der Waals surface area contributed by atoms with Gasteiger partial charge in [0.2, 0.25) is 0 Å². The van der Waals surface area contributed by atoms with E-state index < -0.39 is 0 Å². The molecule has 0 radical (unpaired) electrons. The molecule has 13 heavy (non-hydrogen) atoms. The van der Waals surface area contributed by atoms with E-state index >= 15 is 0 Å². The second-order valence-corrected chi connectivity index (χ2v) is 4.28. The lowest BCUT2D eigenvalue weighted by atomic mass is 10.2. The molecule has 0 atom stereocenters. The maximum absolute atomic E-state index is 9.03. The molecular weight excluding hydrogens is 184 g/mol. The smallest absolute Gasteiger partial charge is 0.119 e. The minimum absolute atomic E-state index is 0.284. The van der Waals surface area contributed by atoms with Gasteiger partial charge in [-0.05, 0) is 24.3 Å². The Bertz CT molecular complexity index is 267. The molecule has 0 amide bonds. The topological polar surface area (TPSA) is 29.5 Å². The van der Waals surface area contributed by atoms with Gasteiger partial charge in [-0.3, -0.25) is 0 Å². The fraction of sp³-hybridized carbons (Fsp3) is 0.400. The van der Waals surface area contributed by atoms with Gasteiger partial charge in [0.1, 0.15) is 11.5 Å². The summed E-state index contributed by atoms with van der Waals surface area (Å²) in [5, 5.41) is 9.03. The lowest BCUT2D eigenvalue weighted by Gasteiger charge is -2.24. The molecule has 1 heterocycles. The SMILES string of the molecule is Oc1ccc(OCC2CSC2)cc1. The molecule has 1 aliphatic rings. The molecule has 1 fully saturated rings. The van der Waals surface area contributed by atoms with E-state index in [1.165, 1.54) is 11.5 Å². The molecule has 0 aliphatic carbocycles. The third kappa shape index (κ3) is 2.31. The number of ether oxygens (including phenoxy) is 1. The highest BCUT2D eigenvalue weighted by Gasteiger charge is 2.18. The standard InChI is InChI=1S/C10H12O2S/c11-9-1-3-10(4-2-9)12-5-8-6-13-7-8/h1-4,8,11H,5-7H2. The van der Waals surface area contributed by atoms with Gasteiger partial charge in [-0.15, -0.1) is 0 Å². The lowest BCUT2D eigenvalue weighted by molar-refractivity contribution is 0.269. The minimum atomic E-state index is 0.284. The number of phenols is 1. The Balaban J connectivity index is 1.83. The molecular formula is C10H12O2S. The monoisotopic (exact) mass is 196 g/mol. The molecule has 0 aromatic heterocycles. The van der Waals surface area contributed by atoms with Crippen LogP contribution < -0.4 is 4.74 Å². The molecule has 2 nitrogen and oxygen atoms in total. The highest BCUT2D eigenvalue weighted by Crippen LogP contribution is 2.25. The van der Waals surface area contributed by atoms with E-state index in [0.717, 1.165) is 18.3 Å². The Morgan fingerprint density at radius 3 is 2.54 bits per heavy atom. The number of rotatable bonds is 3. The Morgan fingerprint density at radius 1 is 1.31 bits per heavy atom. The van der Waals surface area contributed by atoms with Crippen LogP contribution in [0.4, 0.5) is 0 Å². The molecule has 1 N–H and O–H groups in total. The molecule has 0 bridgehead atoms. The van der Waals surface area contributed by atoms with E-state index in [2.05, 4.69) is 0 Å². The van der Waals surface area contributed by atoms with E-state index in [4.69, 9.17) is 9.84 Å². The molecule has 70 valence electrons. The van der Waals surface area contributed by atoms with Crippen molar-refractivity contribution in [2.24, 2.45) is 5.92 Å². The van der Waals surface area contributed by atoms with Crippen LogP contribution in [0.2, 0.25) is 0 Å². The van der Waals surface area contributed by atoms with E-state index in [0.29, 0.717) is 0 Å². The van der Waals surface area contributed by atoms with E-state index in [9.17, 15) is 0 Å². The number of hydrogen-bond donors (Lipinski definition) is 1. The number of phenolic OH excluding ortho intramolecular Hbond substituents is 1. The summed E-state index contributed by atoms with van der Waals surface area (Å²) in [6.45, 7) is 0.803. The summed E-state index contributed by atoms with van der Waals surface area (Å²) in [5.41, 5.74) is 0. The van der Waals surface area contributed by atoms with Gasteiger partial charge >= 0.3 is 0 Å². The van der Waals surface area contributed by atoms with Crippen molar-refractivity contribution in [3.63, 3.8) is 0 Å². The van der Waals surface area contributed by atoms with Crippen molar-refractivity contribution in [2.45, 2.75) is 0 Å². The van der Waals surface area contributed by atoms with E-state index in [-0.39, 0.29) is 5.75 Å². The van der Waals surface area contributed by atoms with Gasteiger partial charge in [-0.1, -0.05) is 0 Å². The van der Waals surface area contributed by atoms with Crippen LogP contribution in [0.3, 0.4) is 0 Å². The maximum Gasteiger partial charge on any atom is 0.119 e. The first-order valence-corrected chi connectivity index (χ1v) is 5.49.